The zero-order valence-electron chi connectivity index (χ0n) is 11.4. The first-order valence-electron chi connectivity index (χ1n) is 6.36. The fraction of sp³-hybridized carbons (Fsp3) is 0.0667. The molecule has 2 aromatic rings. The smallest absolute Gasteiger partial charge is 0.255 e. The Morgan fingerprint density at radius 1 is 1.05 bits per heavy atom. The van der Waals surface area contributed by atoms with E-state index in [9.17, 15) is 14.0 Å². The summed E-state index contributed by atoms with van der Waals surface area (Å²) in [6.07, 6.45) is 0. The molecule has 0 aromatic heterocycles. The molecule has 0 spiro atoms. The predicted octanol–water partition coefficient (Wildman–Crippen LogP) is 2.63. The highest BCUT2D eigenvalue weighted by Crippen LogP contribution is 2.26. The Labute approximate surface area is 131 Å². The average molecular weight is 322 g/mol. The molecule has 7 heteroatoms. The van der Waals surface area contributed by atoms with Crippen LogP contribution in [0.2, 0.25) is 5.02 Å². The summed E-state index contributed by atoms with van der Waals surface area (Å²) >= 11 is 5.88. The Balaban J connectivity index is 2.23. The first-order valence-corrected chi connectivity index (χ1v) is 6.74. The molecule has 0 heterocycles. The van der Waals surface area contributed by atoms with E-state index < -0.39 is 17.6 Å². The van der Waals surface area contributed by atoms with Gasteiger partial charge >= 0.3 is 0 Å². The van der Waals surface area contributed by atoms with E-state index in [1.54, 1.807) is 12.1 Å². The molecule has 0 aliphatic rings. The number of halogens is 2. The third-order valence-corrected chi connectivity index (χ3v) is 3.03. The fourth-order valence-electron chi connectivity index (χ4n) is 1.73. The molecule has 0 radical (unpaired) electrons. The van der Waals surface area contributed by atoms with E-state index in [4.69, 9.17) is 17.3 Å². The number of rotatable bonds is 4. The van der Waals surface area contributed by atoms with Gasteiger partial charge in [0.15, 0.2) is 0 Å². The van der Waals surface area contributed by atoms with Crippen molar-refractivity contribution in [3.63, 3.8) is 0 Å². The minimum Gasteiger partial charge on any atom is -0.323 e. The van der Waals surface area contributed by atoms with Crippen LogP contribution in [0, 0.1) is 5.82 Å². The predicted molar refractivity (Wildman–Crippen MR) is 83.5 cm³/mol. The molecule has 0 saturated heterocycles. The standard InChI is InChI=1S/C15H13ClFN3O2/c16-10-3-6-12(13(7-10)19-14(21)8-18)20-15(22)9-1-4-11(17)5-2-9/h1-7H,8,18H2,(H,19,21)(H,20,22). The highest BCUT2D eigenvalue weighted by Gasteiger charge is 2.11. The zero-order valence-corrected chi connectivity index (χ0v) is 12.2. The van der Waals surface area contributed by atoms with Crippen LogP contribution < -0.4 is 16.4 Å². The number of nitrogens with two attached hydrogens (primary N) is 1. The van der Waals surface area contributed by atoms with Crippen molar-refractivity contribution in [2.24, 2.45) is 5.73 Å². The van der Waals surface area contributed by atoms with Crippen molar-refractivity contribution in [2.75, 3.05) is 17.2 Å². The second-order valence-electron chi connectivity index (χ2n) is 4.40. The van der Waals surface area contributed by atoms with E-state index in [0.29, 0.717) is 16.4 Å². The molecule has 0 aliphatic heterocycles. The summed E-state index contributed by atoms with van der Waals surface area (Å²) in [7, 11) is 0. The van der Waals surface area contributed by atoms with Gasteiger partial charge in [0.25, 0.3) is 5.91 Å². The number of carbonyl (C=O) groups excluding carboxylic acids is 2. The van der Waals surface area contributed by atoms with Crippen LogP contribution in [0.4, 0.5) is 15.8 Å². The maximum Gasteiger partial charge on any atom is 0.255 e. The monoisotopic (exact) mass is 321 g/mol. The Bertz CT molecular complexity index is 704. The van der Waals surface area contributed by atoms with Gasteiger partial charge in [-0.2, -0.15) is 0 Å². The second-order valence-corrected chi connectivity index (χ2v) is 4.84. The number of anilines is 2. The highest BCUT2D eigenvalue weighted by atomic mass is 35.5. The molecule has 0 bridgehead atoms. The molecule has 0 fully saturated rings. The molecular weight excluding hydrogens is 309 g/mol. The molecule has 114 valence electrons. The summed E-state index contributed by atoms with van der Waals surface area (Å²) in [5, 5.41) is 5.57. The lowest BCUT2D eigenvalue weighted by Gasteiger charge is -2.12. The molecule has 2 rings (SSSR count). The minimum absolute atomic E-state index is 0.197. The fourth-order valence-corrected chi connectivity index (χ4v) is 1.90. The third kappa shape index (κ3) is 4.03. The SMILES string of the molecule is NCC(=O)Nc1cc(Cl)ccc1NC(=O)c1ccc(F)cc1. The van der Waals surface area contributed by atoms with E-state index in [2.05, 4.69) is 10.6 Å². The number of carbonyl (C=O) groups is 2. The Hall–Kier alpha value is -2.44. The number of nitrogens with one attached hydrogen (secondary N) is 2. The summed E-state index contributed by atoms with van der Waals surface area (Å²) in [5.41, 5.74) is 6.22. The van der Waals surface area contributed by atoms with E-state index in [1.807, 2.05) is 0 Å². The molecule has 0 unspecified atom stereocenters. The first kappa shape index (κ1) is 15.9. The average Bonchev–Trinajstić information content (AvgIpc) is 2.50. The lowest BCUT2D eigenvalue weighted by molar-refractivity contribution is -0.114. The number of hydrogen-bond donors (Lipinski definition) is 3. The molecule has 0 atom stereocenters. The molecular formula is C15H13ClFN3O2. The van der Waals surface area contributed by atoms with Gasteiger partial charge in [-0.05, 0) is 42.5 Å². The van der Waals surface area contributed by atoms with Crippen LogP contribution in [0.5, 0.6) is 0 Å². The van der Waals surface area contributed by atoms with Crippen molar-refractivity contribution in [3.8, 4) is 0 Å². The van der Waals surface area contributed by atoms with Crippen LogP contribution in [-0.4, -0.2) is 18.4 Å². The minimum atomic E-state index is -0.439. The normalized spacial score (nSPS) is 10.1. The lowest BCUT2D eigenvalue weighted by atomic mass is 10.2. The van der Waals surface area contributed by atoms with Crippen LogP contribution in [0.1, 0.15) is 10.4 Å². The van der Waals surface area contributed by atoms with Crippen molar-refractivity contribution in [3.05, 3.63) is 58.9 Å². The highest BCUT2D eigenvalue weighted by molar-refractivity contribution is 6.31. The maximum absolute atomic E-state index is 12.9. The van der Waals surface area contributed by atoms with Crippen LogP contribution in [0.15, 0.2) is 42.5 Å². The van der Waals surface area contributed by atoms with Crippen LogP contribution in [-0.2, 0) is 4.79 Å². The van der Waals surface area contributed by atoms with E-state index in [0.717, 1.165) is 0 Å². The largest absolute Gasteiger partial charge is 0.323 e. The van der Waals surface area contributed by atoms with Crippen molar-refractivity contribution < 1.29 is 14.0 Å². The summed E-state index contributed by atoms with van der Waals surface area (Å²) in [4.78, 5) is 23.5. The van der Waals surface area contributed by atoms with Gasteiger partial charge < -0.3 is 16.4 Å². The molecule has 22 heavy (non-hydrogen) atoms. The Morgan fingerprint density at radius 3 is 2.36 bits per heavy atom. The number of amides is 2. The topological polar surface area (TPSA) is 84.2 Å². The summed E-state index contributed by atoms with van der Waals surface area (Å²) in [5.74, 6) is -1.29. The molecule has 0 aliphatic carbocycles. The van der Waals surface area contributed by atoms with Crippen molar-refractivity contribution in [1.29, 1.82) is 0 Å². The molecule has 2 aromatic carbocycles. The van der Waals surface area contributed by atoms with Gasteiger partial charge in [-0.1, -0.05) is 11.6 Å². The summed E-state index contributed by atoms with van der Waals surface area (Å²) in [6, 6.07) is 9.71. The molecule has 4 N–H and O–H groups in total. The Kier molecular flexibility index (Phi) is 5.08. The second kappa shape index (κ2) is 7.02. The van der Waals surface area contributed by atoms with Crippen LogP contribution in [0.3, 0.4) is 0 Å². The van der Waals surface area contributed by atoms with Gasteiger partial charge in [0.05, 0.1) is 17.9 Å². The quantitative estimate of drug-likeness (QED) is 0.809. The van der Waals surface area contributed by atoms with Gasteiger partial charge in [0, 0.05) is 10.6 Å². The maximum atomic E-state index is 12.9. The lowest BCUT2D eigenvalue weighted by Crippen LogP contribution is -2.23. The van der Waals surface area contributed by atoms with Crippen LogP contribution in [0.25, 0.3) is 0 Å². The van der Waals surface area contributed by atoms with E-state index >= 15 is 0 Å². The first-order chi connectivity index (χ1) is 10.5. The van der Waals surface area contributed by atoms with Crippen molar-refractivity contribution in [1.82, 2.24) is 0 Å². The Morgan fingerprint density at radius 2 is 1.73 bits per heavy atom. The van der Waals surface area contributed by atoms with Gasteiger partial charge in [0.2, 0.25) is 5.91 Å². The van der Waals surface area contributed by atoms with Crippen molar-refractivity contribution >= 4 is 34.8 Å². The van der Waals surface area contributed by atoms with Crippen molar-refractivity contribution in [2.45, 2.75) is 0 Å². The number of hydrogen-bond acceptors (Lipinski definition) is 3. The van der Waals surface area contributed by atoms with E-state index in [1.165, 1.54) is 30.3 Å². The van der Waals surface area contributed by atoms with Crippen LogP contribution >= 0.6 is 11.6 Å². The van der Waals surface area contributed by atoms with Gasteiger partial charge in [0.1, 0.15) is 5.82 Å². The molecule has 0 saturated carbocycles. The van der Waals surface area contributed by atoms with Gasteiger partial charge in [-0.15, -0.1) is 0 Å². The number of benzene rings is 2. The molecule has 2 amide bonds. The third-order valence-electron chi connectivity index (χ3n) is 2.80. The van der Waals surface area contributed by atoms with E-state index in [-0.39, 0.29) is 12.1 Å². The zero-order chi connectivity index (χ0) is 16.1. The molecule has 5 nitrogen and oxygen atoms in total. The summed E-state index contributed by atoms with van der Waals surface area (Å²) in [6.45, 7) is -0.197. The van der Waals surface area contributed by atoms with Gasteiger partial charge in [-0.25, -0.2) is 4.39 Å². The van der Waals surface area contributed by atoms with Gasteiger partial charge in [-0.3, -0.25) is 9.59 Å². The summed E-state index contributed by atoms with van der Waals surface area (Å²) < 4.78 is 12.9.